The summed E-state index contributed by atoms with van der Waals surface area (Å²) in [6.45, 7) is 6.65. The largest absolute Gasteiger partial charge is 0.317 e. The van der Waals surface area contributed by atoms with Crippen LogP contribution in [0.5, 0.6) is 0 Å². The molecule has 0 bridgehead atoms. The molecule has 15 heavy (non-hydrogen) atoms. The summed E-state index contributed by atoms with van der Waals surface area (Å²) < 4.78 is 0. The molecule has 1 fully saturated rings. The van der Waals surface area contributed by atoms with E-state index in [0.717, 1.165) is 17.4 Å². The molecule has 0 aromatic heterocycles. The van der Waals surface area contributed by atoms with Crippen LogP contribution in [0.25, 0.3) is 0 Å². The van der Waals surface area contributed by atoms with Gasteiger partial charge in [0.1, 0.15) is 0 Å². The molecule has 2 heteroatoms. The van der Waals surface area contributed by atoms with Gasteiger partial charge in [-0.05, 0) is 57.7 Å². The Labute approximate surface area is 98.6 Å². The van der Waals surface area contributed by atoms with Crippen LogP contribution in [0.4, 0.5) is 0 Å². The van der Waals surface area contributed by atoms with Gasteiger partial charge in [-0.2, -0.15) is 0 Å². The second-order valence-electron chi connectivity index (χ2n) is 4.38. The van der Waals surface area contributed by atoms with Crippen molar-refractivity contribution in [3.05, 3.63) is 22.8 Å². The zero-order valence-electron chi connectivity index (χ0n) is 9.85. The maximum Gasteiger partial charge on any atom is 0.0178 e. The third-order valence-corrected chi connectivity index (χ3v) is 3.35. The van der Waals surface area contributed by atoms with Crippen LogP contribution >= 0.6 is 11.6 Å². The summed E-state index contributed by atoms with van der Waals surface area (Å²) in [5, 5.41) is 4.34. The molecule has 86 valence electrons. The van der Waals surface area contributed by atoms with Crippen LogP contribution in [0.3, 0.4) is 0 Å². The second kappa shape index (κ2) is 7.08. The number of allylic oxidation sites excluding steroid dienone is 4. The molecule has 1 rings (SSSR count). The summed E-state index contributed by atoms with van der Waals surface area (Å²) in [6, 6.07) is 0. The summed E-state index contributed by atoms with van der Waals surface area (Å²) in [7, 11) is 0. The van der Waals surface area contributed by atoms with Gasteiger partial charge in [0.25, 0.3) is 0 Å². The molecule has 0 aromatic carbocycles. The monoisotopic (exact) mass is 227 g/mol. The molecule has 0 aromatic rings. The first-order valence-electron chi connectivity index (χ1n) is 5.95. The Balaban J connectivity index is 2.36. The standard InChI is InChI=1S/C13H22ClN/c1-3-13(14)5-4-11(2)10-12-6-8-15-9-7-12/h4-5,12,15H,3,6-10H2,1-2H3/b11-4+,13-5+. The van der Waals surface area contributed by atoms with E-state index >= 15 is 0 Å². The second-order valence-corrected chi connectivity index (χ2v) is 4.86. The van der Waals surface area contributed by atoms with E-state index in [1.165, 1.54) is 37.9 Å². The van der Waals surface area contributed by atoms with E-state index in [2.05, 4.69) is 25.2 Å². The molecular formula is C13H22ClN. The van der Waals surface area contributed by atoms with Gasteiger partial charge in [0.05, 0.1) is 0 Å². The van der Waals surface area contributed by atoms with Crippen molar-refractivity contribution in [1.82, 2.24) is 5.32 Å². The first-order valence-corrected chi connectivity index (χ1v) is 6.32. The predicted octanol–water partition coefficient (Wildman–Crippen LogP) is 3.86. The summed E-state index contributed by atoms with van der Waals surface area (Å²) in [6.07, 6.45) is 9.00. The Kier molecular flexibility index (Phi) is 6.04. The molecule has 1 N–H and O–H groups in total. The van der Waals surface area contributed by atoms with Crippen molar-refractivity contribution in [2.24, 2.45) is 5.92 Å². The van der Waals surface area contributed by atoms with Crippen LogP contribution in [0, 0.1) is 5.92 Å². The minimum atomic E-state index is 0.872. The molecule has 1 aliphatic heterocycles. The molecule has 1 nitrogen and oxygen atoms in total. The van der Waals surface area contributed by atoms with Gasteiger partial charge in [0, 0.05) is 5.03 Å². The summed E-state index contributed by atoms with van der Waals surface area (Å²) in [4.78, 5) is 0. The Morgan fingerprint density at radius 3 is 2.60 bits per heavy atom. The minimum absolute atomic E-state index is 0.872. The highest BCUT2D eigenvalue weighted by atomic mass is 35.5. The average molecular weight is 228 g/mol. The zero-order valence-corrected chi connectivity index (χ0v) is 10.6. The highest BCUT2D eigenvalue weighted by Gasteiger charge is 2.12. The number of rotatable bonds is 4. The van der Waals surface area contributed by atoms with Crippen LogP contribution in [0.15, 0.2) is 22.8 Å². The van der Waals surface area contributed by atoms with Crippen molar-refractivity contribution in [2.75, 3.05) is 13.1 Å². The van der Waals surface area contributed by atoms with E-state index in [1.807, 2.05) is 6.08 Å². The van der Waals surface area contributed by atoms with Gasteiger partial charge in [-0.15, -0.1) is 0 Å². The lowest BCUT2D eigenvalue weighted by Gasteiger charge is -2.22. The van der Waals surface area contributed by atoms with E-state index < -0.39 is 0 Å². The van der Waals surface area contributed by atoms with Gasteiger partial charge >= 0.3 is 0 Å². The van der Waals surface area contributed by atoms with Crippen molar-refractivity contribution in [3.63, 3.8) is 0 Å². The Morgan fingerprint density at radius 1 is 1.33 bits per heavy atom. The van der Waals surface area contributed by atoms with E-state index in [-0.39, 0.29) is 0 Å². The first kappa shape index (κ1) is 12.8. The van der Waals surface area contributed by atoms with Gasteiger partial charge in [-0.1, -0.05) is 30.2 Å². The van der Waals surface area contributed by atoms with E-state index in [9.17, 15) is 0 Å². The highest BCUT2D eigenvalue weighted by Crippen LogP contribution is 2.20. The Morgan fingerprint density at radius 2 is 2.00 bits per heavy atom. The fraction of sp³-hybridized carbons (Fsp3) is 0.692. The van der Waals surface area contributed by atoms with Crippen molar-refractivity contribution >= 4 is 11.6 Å². The number of hydrogen-bond donors (Lipinski definition) is 1. The van der Waals surface area contributed by atoms with Crippen LogP contribution < -0.4 is 5.32 Å². The topological polar surface area (TPSA) is 12.0 Å². The maximum atomic E-state index is 5.96. The van der Waals surface area contributed by atoms with E-state index in [0.29, 0.717) is 0 Å². The SMILES string of the molecule is CC/C(Cl)=C\C=C(/C)CC1CCNCC1. The van der Waals surface area contributed by atoms with Crippen molar-refractivity contribution in [3.8, 4) is 0 Å². The molecule has 0 saturated carbocycles. The van der Waals surface area contributed by atoms with E-state index in [4.69, 9.17) is 11.6 Å². The summed E-state index contributed by atoms with van der Waals surface area (Å²) in [5.41, 5.74) is 1.45. The van der Waals surface area contributed by atoms with Crippen LogP contribution in [-0.4, -0.2) is 13.1 Å². The maximum absolute atomic E-state index is 5.96. The third kappa shape index (κ3) is 5.39. The molecular weight excluding hydrogens is 206 g/mol. The lowest BCUT2D eigenvalue weighted by atomic mass is 9.91. The molecule has 1 saturated heterocycles. The van der Waals surface area contributed by atoms with Crippen LogP contribution in [0.2, 0.25) is 0 Å². The van der Waals surface area contributed by atoms with Crippen molar-refractivity contribution in [2.45, 2.75) is 39.5 Å². The van der Waals surface area contributed by atoms with Gasteiger partial charge < -0.3 is 5.32 Å². The van der Waals surface area contributed by atoms with Gasteiger partial charge in [-0.25, -0.2) is 0 Å². The minimum Gasteiger partial charge on any atom is -0.317 e. The quantitative estimate of drug-likeness (QED) is 0.720. The molecule has 1 heterocycles. The van der Waals surface area contributed by atoms with Crippen molar-refractivity contribution in [1.29, 1.82) is 0 Å². The third-order valence-electron chi connectivity index (χ3n) is 2.96. The molecule has 0 spiro atoms. The Bertz CT molecular complexity index is 237. The number of halogens is 1. The summed E-state index contributed by atoms with van der Waals surface area (Å²) in [5.74, 6) is 0.872. The molecule has 0 radical (unpaired) electrons. The Hall–Kier alpha value is -0.270. The van der Waals surface area contributed by atoms with Gasteiger partial charge in [0.2, 0.25) is 0 Å². The number of piperidine rings is 1. The number of hydrogen-bond acceptors (Lipinski definition) is 1. The molecule has 0 aliphatic carbocycles. The summed E-state index contributed by atoms with van der Waals surface area (Å²) >= 11 is 5.96. The van der Waals surface area contributed by atoms with Crippen LogP contribution in [0.1, 0.15) is 39.5 Å². The van der Waals surface area contributed by atoms with Crippen LogP contribution in [-0.2, 0) is 0 Å². The predicted molar refractivity (Wildman–Crippen MR) is 68.2 cm³/mol. The van der Waals surface area contributed by atoms with Crippen molar-refractivity contribution < 1.29 is 0 Å². The molecule has 1 aliphatic rings. The zero-order chi connectivity index (χ0) is 11.1. The van der Waals surface area contributed by atoms with Gasteiger partial charge in [-0.3, -0.25) is 0 Å². The highest BCUT2D eigenvalue weighted by molar-refractivity contribution is 6.29. The lowest BCUT2D eigenvalue weighted by molar-refractivity contribution is 0.372. The fourth-order valence-electron chi connectivity index (χ4n) is 1.96. The van der Waals surface area contributed by atoms with Gasteiger partial charge in [0.15, 0.2) is 0 Å². The van der Waals surface area contributed by atoms with E-state index in [1.54, 1.807) is 0 Å². The number of nitrogens with one attached hydrogen (secondary N) is 1. The molecule has 0 amide bonds. The normalized spacial score (nSPS) is 20.7. The molecule has 0 unspecified atom stereocenters. The average Bonchev–Trinajstić information content (AvgIpc) is 2.27. The smallest absolute Gasteiger partial charge is 0.0178 e. The first-order chi connectivity index (χ1) is 7.22. The molecule has 0 atom stereocenters. The fourth-order valence-corrected chi connectivity index (χ4v) is 2.02. The lowest BCUT2D eigenvalue weighted by Crippen LogP contribution is -2.27.